The first-order valence-electron chi connectivity index (χ1n) is 9.23. The van der Waals surface area contributed by atoms with Crippen LogP contribution >= 0.6 is 0 Å². The molecule has 30 heavy (non-hydrogen) atoms. The van der Waals surface area contributed by atoms with Crippen molar-refractivity contribution in [3.63, 3.8) is 0 Å². The van der Waals surface area contributed by atoms with E-state index < -0.39 is 0 Å². The van der Waals surface area contributed by atoms with E-state index in [1.807, 2.05) is 6.07 Å². The van der Waals surface area contributed by atoms with Gasteiger partial charge in [0.15, 0.2) is 5.75 Å². The molecule has 3 aromatic rings. The number of hydrogen-bond acceptors (Lipinski definition) is 5. The number of amides is 2. The van der Waals surface area contributed by atoms with Gasteiger partial charge in [0, 0.05) is 24.4 Å². The van der Waals surface area contributed by atoms with E-state index >= 15 is 0 Å². The molecule has 0 bridgehead atoms. The van der Waals surface area contributed by atoms with Gasteiger partial charge >= 0.3 is 0 Å². The van der Waals surface area contributed by atoms with Gasteiger partial charge in [-0.2, -0.15) is 0 Å². The minimum Gasteiger partial charge on any atom is -0.497 e. The fraction of sp³-hybridized carbons (Fsp3) is 0.130. The van der Waals surface area contributed by atoms with Crippen LogP contribution in [0.2, 0.25) is 0 Å². The number of ether oxygens (including phenoxy) is 3. The molecule has 0 atom stereocenters. The Morgan fingerprint density at radius 3 is 2.33 bits per heavy atom. The summed E-state index contributed by atoms with van der Waals surface area (Å²) in [7, 11) is 4.71. The number of rotatable bonds is 4. The molecule has 2 amide bonds. The second-order valence-electron chi connectivity index (χ2n) is 6.70. The molecule has 0 spiro atoms. The molecule has 1 N–H and O–H groups in total. The van der Waals surface area contributed by atoms with E-state index in [4.69, 9.17) is 14.2 Å². The van der Waals surface area contributed by atoms with Gasteiger partial charge in [0.2, 0.25) is 0 Å². The van der Waals surface area contributed by atoms with E-state index in [2.05, 4.69) is 5.32 Å². The van der Waals surface area contributed by atoms with Crippen LogP contribution in [0.15, 0.2) is 60.7 Å². The third-order valence-corrected chi connectivity index (χ3v) is 4.83. The van der Waals surface area contributed by atoms with Gasteiger partial charge in [-0.05, 0) is 42.5 Å². The normalized spacial score (nSPS) is 12.2. The van der Waals surface area contributed by atoms with Gasteiger partial charge in [-0.15, -0.1) is 0 Å². The number of carbonyl (C=O) groups is 2. The van der Waals surface area contributed by atoms with Gasteiger partial charge in [-0.3, -0.25) is 9.59 Å². The van der Waals surface area contributed by atoms with Crippen LogP contribution < -0.4 is 24.4 Å². The predicted molar refractivity (Wildman–Crippen MR) is 113 cm³/mol. The van der Waals surface area contributed by atoms with Crippen LogP contribution in [0.4, 0.5) is 11.4 Å². The number of para-hydroxylation sites is 1. The minimum atomic E-state index is -0.334. The Bertz CT molecular complexity index is 1120. The van der Waals surface area contributed by atoms with Crippen molar-refractivity contribution in [2.75, 3.05) is 31.5 Å². The lowest BCUT2D eigenvalue weighted by atomic mass is 10.1. The second kappa shape index (κ2) is 7.79. The number of fused-ring (bicyclic) bond motifs is 2. The van der Waals surface area contributed by atoms with Gasteiger partial charge in [0.05, 0.1) is 25.5 Å². The lowest BCUT2D eigenvalue weighted by Crippen LogP contribution is -2.25. The summed E-state index contributed by atoms with van der Waals surface area (Å²) in [5.74, 6) is 1.52. The fourth-order valence-electron chi connectivity index (χ4n) is 3.23. The van der Waals surface area contributed by atoms with Crippen LogP contribution in [-0.4, -0.2) is 33.1 Å². The fourth-order valence-corrected chi connectivity index (χ4v) is 3.23. The maximum Gasteiger partial charge on any atom is 0.261 e. The number of carbonyl (C=O) groups excluding carboxylic acids is 2. The first-order chi connectivity index (χ1) is 14.5. The Labute approximate surface area is 173 Å². The van der Waals surface area contributed by atoms with Crippen molar-refractivity contribution in [1.29, 1.82) is 0 Å². The molecule has 7 nitrogen and oxygen atoms in total. The first-order valence-corrected chi connectivity index (χ1v) is 9.23. The highest BCUT2D eigenvalue weighted by Crippen LogP contribution is 2.39. The van der Waals surface area contributed by atoms with Crippen LogP contribution in [-0.2, 0) is 0 Å². The van der Waals surface area contributed by atoms with E-state index in [9.17, 15) is 9.59 Å². The molecule has 0 fully saturated rings. The van der Waals surface area contributed by atoms with Crippen LogP contribution in [0.3, 0.4) is 0 Å². The summed E-state index contributed by atoms with van der Waals surface area (Å²) < 4.78 is 16.4. The number of nitrogens with one attached hydrogen (secondary N) is 1. The highest BCUT2D eigenvalue weighted by atomic mass is 16.5. The Morgan fingerprint density at radius 2 is 1.63 bits per heavy atom. The smallest absolute Gasteiger partial charge is 0.261 e. The molecular weight excluding hydrogens is 384 g/mol. The van der Waals surface area contributed by atoms with E-state index in [0.29, 0.717) is 45.5 Å². The molecule has 3 aromatic carbocycles. The first kappa shape index (κ1) is 19.3. The summed E-state index contributed by atoms with van der Waals surface area (Å²) in [5, 5.41) is 2.84. The summed E-state index contributed by atoms with van der Waals surface area (Å²) in [4.78, 5) is 27.1. The number of anilines is 2. The molecule has 1 aliphatic heterocycles. The summed E-state index contributed by atoms with van der Waals surface area (Å²) in [5.41, 5.74) is 1.94. The minimum absolute atomic E-state index is 0.189. The molecule has 0 unspecified atom stereocenters. The maximum atomic E-state index is 12.8. The SMILES string of the molecule is COc1cc(OC)cc(C(=O)Nc2ccc3c(c2)N(C)C(=O)c2ccccc2O3)c1. The molecule has 7 heteroatoms. The van der Waals surface area contributed by atoms with Crippen LogP contribution in [0, 0.1) is 0 Å². The number of benzene rings is 3. The molecular formula is C23H20N2O5. The van der Waals surface area contributed by atoms with Crippen LogP contribution in [0.1, 0.15) is 20.7 Å². The average molecular weight is 404 g/mol. The number of hydrogen-bond donors (Lipinski definition) is 1. The van der Waals surface area contributed by atoms with Gasteiger partial charge < -0.3 is 24.4 Å². The third-order valence-electron chi connectivity index (χ3n) is 4.83. The predicted octanol–water partition coefficient (Wildman–Crippen LogP) is 4.34. The molecule has 4 rings (SSSR count). The molecule has 0 aromatic heterocycles. The standard InChI is InChI=1S/C23H20N2O5/c1-25-19-12-15(24-22(26)14-10-16(28-2)13-17(11-14)29-3)8-9-21(19)30-20-7-5-4-6-18(20)23(25)27/h4-13H,1-3H3,(H,24,26). The van der Waals surface area contributed by atoms with Crippen molar-refractivity contribution < 1.29 is 23.8 Å². The van der Waals surface area contributed by atoms with E-state index in [-0.39, 0.29) is 11.8 Å². The van der Waals surface area contributed by atoms with Gasteiger partial charge in [0.25, 0.3) is 11.8 Å². The van der Waals surface area contributed by atoms with E-state index in [1.165, 1.54) is 19.1 Å². The molecule has 0 aliphatic carbocycles. The highest BCUT2D eigenvalue weighted by molar-refractivity contribution is 6.10. The zero-order valence-electron chi connectivity index (χ0n) is 16.8. The maximum absolute atomic E-state index is 12.8. The van der Waals surface area contributed by atoms with Crippen molar-refractivity contribution in [1.82, 2.24) is 0 Å². The zero-order valence-corrected chi connectivity index (χ0v) is 16.8. The summed E-state index contributed by atoms with van der Waals surface area (Å²) >= 11 is 0. The monoisotopic (exact) mass is 404 g/mol. The van der Waals surface area contributed by atoms with Crippen LogP contribution in [0.25, 0.3) is 0 Å². The molecule has 1 heterocycles. The zero-order chi connectivity index (χ0) is 21.3. The third kappa shape index (κ3) is 3.53. The van der Waals surface area contributed by atoms with Crippen molar-refractivity contribution in [3.8, 4) is 23.0 Å². The van der Waals surface area contributed by atoms with Crippen molar-refractivity contribution in [2.45, 2.75) is 0 Å². The summed E-state index contributed by atoms with van der Waals surface area (Å²) in [6, 6.07) is 17.2. The number of methoxy groups -OCH3 is 2. The second-order valence-corrected chi connectivity index (χ2v) is 6.70. The quantitative estimate of drug-likeness (QED) is 0.700. The Kier molecular flexibility index (Phi) is 5.02. The topological polar surface area (TPSA) is 77.1 Å². The largest absolute Gasteiger partial charge is 0.497 e. The number of nitrogens with zero attached hydrogens (tertiary/aromatic N) is 1. The van der Waals surface area contributed by atoms with E-state index in [0.717, 1.165) is 0 Å². The van der Waals surface area contributed by atoms with E-state index in [1.54, 1.807) is 61.6 Å². The Balaban J connectivity index is 1.64. The van der Waals surface area contributed by atoms with Crippen molar-refractivity contribution >= 4 is 23.2 Å². The van der Waals surface area contributed by atoms with Gasteiger partial charge in [-0.1, -0.05) is 12.1 Å². The molecule has 1 aliphatic rings. The lowest BCUT2D eigenvalue weighted by Gasteiger charge is -2.18. The summed E-state index contributed by atoms with van der Waals surface area (Å²) in [6.07, 6.45) is 0. The Hall–Kier alpha value is -4.00. The van der Waals surface area contributed by atoms with Crippen molar-refractivity contribution in [2.24, 2.45) is 0 Å². The molecule has 152 valence electrons. The van der Waals surface area contributed by atoms with Crippen molar-refractivity contribution in [3.05, 3.63) is 71.8 Å². The van der Waals surface area contributed by atoms with Gasteiger partial charge in [-0.25, -0.2) is 0 Å². The Morgan fingerprint density at radius 1 is 0.933 bits per heavy atom. The average Bonchev–Trinajstić information content (AvgIpc) is 2.88. The summed E-state index contributed by atoms with van der Waals surface area (Å²) in [6.45, 7) is 0. The van der Waals surface area contributed by atoms with Crippen LogP contribution in [0.5, 0.6) is 23.0 Å². The van der Waals surface area contributed by atoms with Gasteiger partial charge in [0.1, 0.15) is 17.2 Å². The molecule has 0 saturated heterocycles. The molecule has 0 saturated carbocycles. The molecule has 0 radical (unpaired) electrons. The highest BCUT2D eigenvalue weighted by Gasteiger charge is 2.25. The lowest BCUT2D eigenvalue weighted by molar-refractivity contribution is 0.0991.